The van der Waals surface area contributed by atoms with Crippen LogP contribution in [0, 0.1) is 23.2 Å². The number of anilines is 1. The average Bonchev–Trinajstić information content (AvgIpc) is 2.69. The first-order valence-corrected chi connectivity index (χ1v) is 11.2. The van der Waals surface area contributed by atoms with Crippen molar-refractivity contribution in [3.05, 3.63) is 29.8 Å². The second kappa shape index (κ2) is 8.78. The van der Waals surface area contributed by atoms with Gasteiger partial charge in [-0.3, -0.25) is 9.59 Å². The fourth-order valence-electron chi connectivity index (χ4n) is 6.17. The van der Waals surface area contributed by atoms with Crippen LogP contribution in [0.3, 0.4) is 0 Å². The maximum atomic E-state index is 12.4. The van der Waals surface area contributed by atoms with Gasteiger partial charge in [0, 0.05) is 5.69 Å². The minimum atomic E-state index is -0.381. The zero-order valence-corrected chi connectivity index (χ0v) is 17.7. The number of amides is 1. The second-order valence-corrected chi connectivity index (χ2v) is 9.52. The summed E-state index contributed by atoms with van der Waals surface area (Å²) < 4.78 is 10.4. The van der Waals surface area contributed by atoms with Crippen molar-refractivity contribution in [2.45, 2.75) is 58.3 Å². The lowest BCUT2D eigenvalue weighted by atomic mass is 9.49. The van der Waals surface area contributed by atoms with Gasteiger partial charge in [-0.05, 0) is 92.4 Å². The molecule has 1 aromatic carbocycles. The minimum Gasteiger partial charge on any atom is -0.462 e. The van der Waals surface area contributed by atoms with Gasteiger partial charge in [-0.25, -0.2) is 4.79 Å². The highest BCUT2D eigenvalue weighted by Crippen LogP contribution is 2.61. The summed E-state index contributed by atoms with van der Waals surface area (Å²) in [5.41, 5.74) is 1.09. The SMILES string of the molecule is CCCOC(=O)c1ccc(NC(=O)COC(=O)CC23CC4CC(CC(C4)C2)C3)cc1. The number of hydrogen-bond acceptors (Lipinski definition) is 5. The zero-order valence-electron chi connectivity index (χ0n) is 17.7. The van der Waals surface area contributed by atoms with Gasteiger partial charge in [0.25, 0.3) is 5.91 Å². The molecule has 1 N–H and O–H groups in total. The van der Waals surface area contributed by atoms with E-state index in [2.05, 4.69) is 5.32 Å². The quantitative estimate of drug-likeness (QED) is 0.641. The largest absolute Gasteiger partial charge is 0.462 e. The minimum absolute atomic E-state index is 0.116. The Morgan fingerprint density at radius 2 is 1.57 bits per heavy atom. The number of nitrogens with one attached hydrogen (secondary N) is 1. The monoisotopic (exact) mass is 413 g/mol. The summed E-state index contributed by atoms with van der Waals surface area (Å²) in [6.45, 7) is 2.03. The maximum Gasteiger partial charge on any atom is 0.338 e. The molecule has 4 fully saturated rings. The summed E-state index contributed by atoms with van der Waals surface area (Å²) in [4.78, 5) is 36.4. The summed E-state index contributed by atoms with van der Waals surface area (Å²) in [5.74, 6) is 1.34. The first-order valence-electron chi connectivity index (χ1n) is 11.2. The number of ether oxygens (including phenoxy) is 2. The molecule has 0 atom stereocenters. The van der Waals surface area contributed by atoms with Crippen LogP contribution in [-0.2, 0) is 19.1 Å². The summed E-state index contributed by atoms with van der Waals surface area (Å²) >= 11 is 0. The molecule has 0 heterocycles. The topological polar surface area (TPSA) is 81.7 Å². The van der Waals surface area contributed by atoms with Crippen LogP contribution in [0.2, 0.25) is 0 Å². The van der Waals surface area contributed by atoms with E-state index >= 15 is 0 Å². The van der Waals surface area contributed by atoms with Crippen molar-refractivity contribution in [1.82, 2.24) is 0 Å². The van der Waals surface area contributed by atoms with Crippen molar-refractivity contribution < 1.29 is 23.9 Å². The Morgan fingerprint density at radius 3 is 2.13 bits per heavy atom. The molecule has 4 aliphatic rings. The first kappa shape index (κ1) is 20.9. The Hall–Kier alpha value is -2.37. The van der Waals surface area contributed by atoms with Gasteiger partial charge in [-0.15, -0.1) is 0 Å². The van der Waals surface area contributed by atoms with E-state index in [4.69, 9.17) is 9.47 Å². The van der Waals surface area contributed by atoms with Crippen LogP contribution < -0.4 is 5.32 Å². The molecular formula is C24H31NO5. The van der Waals surface area contributed by atoms with Gasteiger partial charge in [0.05, 0.1) is 18.6 Å². The Labute approximate surface area is 177 Å². The molecule has 30 heavy (non-hydrogen) atoms. The number of benzene rings is 1. The number of esters is 2. The van der Waals surface area contributed by atoms with E-state index in [1.165, 1.54) is 19.3 Å². The van der Waals surface area contributed by atoms with Crippen LogP contribution in [0.4, 0.5) is 5.69 Å². The third kappa shape index (κ3) is 4.85. The summed E-state index contributed by atoms with van der Waals surface area (Å²) in [7, 11) is 0. The third-order valence-corrected chi connectivity index (χ3v) is 6.89. The normalized spacial score (nSPS) is 28.8. The van der Waals surface area contributed by atoms with Crippen LogP contribution in [-0.4, -0.2) is 31.1 Å². The van der Waals surface area contributed by atoms with Crippen LogP contribution in [0.25, 0.3) is 0 Å². The van der Waals surface area contributed by atoms with Gasteiger partial charge < -0.3 is 14.8 Å². The van der Waals surface area contributed by atoms with Crippen molar-refractivity contribution in [3.63, 3.8) is 0 Å². The average molecular weight is 414 g/mol. The Morgan fingerprint density at radius 1 is 0.967 bits per heavy atom. The lowest BCUT2D eigenvalue weighted by molar-refractivity contribution is -0.154. The molecule has 4 saturated carbocycles. The number of rotatable bonds is 8. The predicted octanol–water partition coefficient (Wildman–Crippen LogP) is 4.34. The Kier molecular flexibility index (Phi) is 6.11. The van der Waals surface area contributed by atoms with Gasteiger partial charge in [0.1, 0.15) is 0 Å². The molecule has 4 bridgehead atoms. The highest BCUT2D eigenvalue weighted by atomic mass is 16.5. The number of hydrogen-bond donors (Lipinski definition) is 1. The van der Waals surface area contributed by atoms with Crippen molar-refractivity contribution in [3.8, 4) is 0 Å². The lowest BCUT2D eigenvalue weighted by Gasteiger charge is -2.56. The van der Waals surface area contributed by atoms with Gasteiger partial charge in [0.15, 0.2) is 6.61 Å². The van der Waals surface area contributed by atoms with E-state index in [9.17, 15) is 14.4 Å². The zero-order chi connectivity index (χ0) is 21.1. The van der Waals surface area contributed by atoms with Crippen molar-refractivity contribution in [1.29, 1.82) is 0 Å². The molecule has 0 aliphatic heterocycles. The molecule has 4 aliphatic carbocycles. The molecule has 0 unspecified atom stereocenters. The smallest absolute Gasteiger partial charge is 0.338 e. The lowest BCUT2D eigenvalue weighted by Crippen LogP contribution is -2.47. The third-order valence-electron chi connectivity index (χ3n) is 6.89. The Bertz CT molecular complexity index is 765. The van der Waals surface area contributed by atoms with Crippen molar-refractivity contribution in [2.24, 2.45) is 23.2 Å². The molecule has 0 aromatic heterocycles. The van der Waals surface area contributed by atoms with Gasteiger partial charge in [0.2, 0.25) is 0 Å². The molecule has 0 spiro atoms. The van der Waals surface area contributed by atoms with E-state index in [0.717, 1.165) is 43.4 Å². The highest BCUT2D eigenvalue weighted by molar-refractivity contribution is 5.94. The van der Waals surface area contributed by atoms with Crippen LogP contribution >= 0.6 is 0 Å². The van der Waals surface area contributed by atoms with Crippen LogP contribution in [0.5, 0.6) is 0 Å². The standard InChI is InChI=1S/C24H31NO5/c1-2-7-29-23(28)19-3-5-20(6-4-19)25-21(26)15-30-22(27)14-24-11-16-8-17(12-24)10-18(9-16)13-24/h3-6,16-18H,2,7-15H2,1H3,(H,25,26). The predicted molar refractivity (Wildman–Crippen MR) is 112 cm³/mol. The number of carbonyl (C=O) groups is 3. The fraction of sp³-hybridized carbons (Fsp3) is 0.625. The fourth-order valence-corrected chi connectivity index (χ4v) is 6.17. The summed E-state index contributed by atoms with van der Waals surface area (Å²) in [6.07, 6.45) is 8.66. The molecule has 0 saturated heterocycles. The van der Waals surface area contributed by atoms with E-state index in [-0.39, 0.29) is 29.9 Å². The summed E-state index contributed by atoms with van der Waals surface area (Å²) in [5, 5.41) is 2.70. The van der Waals surface area contributed by atoms with Crippen molar-refractivity contribution >= 4 is 23.5 Å². The van der Waals surface area contributed by atoms with E-state index in [1.54, 1.807) is 24.3 Å². The highest BCUT2D eigenvalue weighted by Gasteiger charge is 2.51. The van der Waals surface area contributed by atoms with Crippen molar-refractivity contribution in [2.75, 3.05) is 18.5 Å². The maximum absolute atomic E-state index is 12.4. The molecular weight excluding hydrogens is 382 g/mol. The van der Waals surface area contributed by atoms with Gasteiger partial charge >= 0.3 is 11.9 Å². The van der Waals surface area contributed by atoms with Crippen LogP contribution in [0.1, 0.15) is 68.6 Å². The molecule has 1 aromatic rings. The number of carbonyl (C=O) groups excluding carboxylic acids is 3. The Balaban J connectivity index is 1.22. The molecule has 162 valence electrons. The second-order valence-electron chi connectivity index (χ2n) is 9.52. The van der Waals surface area contributed by atoms with Gasteiger partial charge in [-0.1, -0.05) is 6.92 Å². The summed E-state index contributed by atoms with van der Waals surface area (Å²) in [6, 6.07) is 6.48. The van der Waals surface area contributed by atoms with E-state index < -0.39 is 0 Å². The molecule has 6 heteroatoms. The van der Waals surface area contributed by atoms with Gasteiger partial charge in [-0.2, -0.15) is 0 Å². The molecule has 6 nitrogen and oxygen atoms in total. The van der Waals surface area contributed by atoms with E-state index in [1.807, 2.05) is 6.92 Å². The molecule has 0 radical (unpaired) electrons. The van der Waals surface area contributed by atoms with E-state index in [0.29, 0.717) is 24.3 Å². The molecule has 1 amide bonds. The first-order chi connectivity index (χ1) is 14.4. The van der Waals surface area contributed by atoms with Crippen LogP contribution in [0.15, 0.2) is 24.3 Å². The molecule has 5 rings (SSSR count).